The minimum absolute atomic E-state index is 0.163. The molecule has 30 heavy (non-hydrogen) atoms. The van der Waals surface area contributed by atoms with Gasteiger partial charge in [-0.2, -0.15) is 0 Å². The van der Waals surface area contributed by atoms with Gasteiger partial charge >= 0.3 is 0 Å². The average molecular weight is 456 g/mol. The maximum Gasteiger partial charge on any atom is 0.271 e. The zero-order valence-electron chi connectivity index (χ0n) is 16.9. The molecule has 4 rings (SSSR count). The second-order valence-electron chi connectivity index (χ2n) is 6.87. The Morgan fingerprint density at radius 1 is 1.20 bits per heavy atom. The molecule has 1 N–H and O–H groups in total. The molecule has 8 heteroatoms. The molecule has 2 aromatic carbocycles. The summed E-state index contributed by atoms with van der Waals surface area (Å²) in [6.45, 7) is 6.73. The molecule has 0 unspecified atom stereocenters. The summed E-state index contributed by atoms with van der Waals surface area (Å²) in [4.78, 5) is 20.3. The highest BCUT2D eigenvalue weighted by Crippen LogP contribution is 2.27. The van der Waals surface area contributed by atoms with Gasteiger partial charge in [0.1, 0.15) is 10.4 Å². The van der Waals surface area contributed by atoms with Crippen LogP contribution in [-0.4, -0.2) is 21.1 Å². The number of fused-ring (bicyclic) bond motifs is 1. The Bertz CT molecular complexity index is 1320. The van der Waals surface area contributed by atoms with Gasteiger partial charge < -0.3 is 9.72 Å². The molecule has 0 radical (unpaired) electrons. The van der Waals surface area contributed by atoms with E-state index in [1.165, 1.54) is 39.8 Å². The van der Waals surface area contributed by atoms with Crippen LogP contribution < -0.4 is 10.3 Å². The first-order valence-electron chi connectivity index (χ1n) is 9.54. The summed E-state index contributed by atoms with van der Waals surface area (Å²) in [6, 6.07) is 14.0. The van der Waals surface area contributed by atoms with Crippen molar-refractivity contribution in [3.8, 4) is 11.4 Å². The number of aromatic nitrogens is 3. The molecule has 0 saturated heterocycles. The lowest BCUT2D eigenvalue weighted by molar-refractivity contribution is 0.340. The average Bonchev–Trinajstić information content (AvgIpc) is 3.06. The van der Waals surface area contributed by atoms with Crippen LogP contribution in [0.4, 0.5) is 0 Å². The predicted octanol–water partition coefficient (Wildman–Crippen LogP) is 5.81. The van der Waals surface area contributed by atoms with E-state index in [9.17, 15) is 4.79 Å². The van der Waals surface area contributed by atoms with Gasteiger partial charge in [0.25, 0.3) is 5.56 Å². The summed E-state index contributed by atoms with van der Waals surface area (Å²) in [7, 11) is 0. The van der Waals surface area contributed by atoms with Crippen LogP contribution in [0.2, 0.25) is 0 Å². The van der Waals surface area contributed by atoms with Crippen molar-refractivity contribution in [2.24, 2.45) is 0 Å². The van der Waals surface area contributed by atoms with Crippen LogP contribution >= 0.6 is 35.3 Å². The van der Waals surface area contributed by atoms with Crippen molar-refractivity contribution >= 4 is 45.7 Å². The van der Waals surface area contributed by atoms with E-state index in [4.69, 9.17) is 21.9 Å². The van der Waals surface area contributed by atoms with E-state index < -0.39 is 0 Å². The highest BCUT2D eigenvalue weighted by molar-refractivity contribution is 7.98. The number of H-pyrrole nitrogens is 1. The molecule has 0 bridgehead atoms. The number of aromatic amines is 1. The minimum atomic E-state index is -0.163. The lowest BCUT2D eigenvalue weighted by atomic mass is 10.1. The fourth-order valence-corrected chi connectivity index (χ4v) is 5.34. The summed E-state index contributed by atoms with van der Waals surface area (Å²) in [5, 5.41) is 0.584. The molecule has 154 valence electrons. The molecule has 0 amide bonds. The lowest BCUT2D eigenvalue weighted by Crippen LogP contribution is -2.09. The fraction of sp³-hybridized carbons (Fsp3) is 0.227. The Labute approximate surface area is 187 Å². The van der Waals surface area contributed by atoms with Crippen LogP contribution in [0.3, 0.4) is 0 Å². The lowest BCUT2D eigenvalue weighted by Gasteiger charge is -2.08. The first-order chi connectivity index (χ1) is 14.5. The molecule has 0 saturated carbocycles. The number of nitrogens with zero attached hydrogens (tertiary/aromatic N) is 2. The van der Waals surface area contributed by atoms with Crippen LogP contribution in [0.15, 0.2) is 52.4 Å². The third-order valence-corrected chi connectivity index (χ3v) is 6.98. The van der Waals surface area contributed by atoms with E-state index in [0.717, 1.165) is 17.2 Å². The number of ether oxygens (including phenoxy) is 1. The Hall–Kier alpha value is -2.42. The quantitative estimate of drug-likeness (QED) is 0.226. The van der Waals surface area contributed by atoms with E-state index in [0.29, 0.717) is 26.1 Å². The van der Waals surface area contributed by atoms with Crippen molar-refractivity contribution in [1.29, 1.82) is 0 Å². The van der Waals surface area contributed by atoms with Crippen LogP contribution in [0.1, 0.15) is 23.6 Å². The van der Waals surface area contributed by atoms with E-state index >= 15 is 0 Å². The SMILES string of the molecule is CCOc1ccc(-n2c(=S)sc3c(=O)[nH]c(SCc4cc(C)ccc4C)nc32)cc1. The molecule has 0 fully saturated rings. The molecule has 0 aliphatic rings. The number of hydrogen-bond acceptors (Lipinski definition) is 6. The molecule has 0 aliphatic carbocycles. The summed E-state index contributed by atoms with van der Waals surface area (Å²) in [5.41, 5.74) is 4.96. The number of aryl methyl sites for hydroxylation is 2. The molecule has 2 heterocycles. The van der Waals surface area contributed by atoms with Gasteiger partial charge in [-0.05, 0) is 68.4 Å². The fourth-order valence-electron chi connectivity index (χ4n) is 3.15. The largest absolute Gasteiger partial charge is 0.494 e. The van der Waals surface area contributed by atoms with Crippen LogP contribution in [-0.2, 0) is 5.75 Å². The minimum Gasteiger partial charge on any atom is -0.494 e. The molecule has 0 atom stereocenters. The monoisotopic (exact) mass is 455 g/mol. The van der Waals surface area contributed by atoms with Crippen molar-refractivity contribution in [1.82, 2.24) is 14.5 Å². The Morgan fingerprint density at radius 3 is 2.70 bits per heavy atom. The van der Waals surface area contributed by atoms with E-state index in [1.807, 2.05) is 35.8 Å². The Kier molecular flexibility index (Phi) is 6.08. The standard InChI is InChI=1S/C22H21N3O2S3/c1-4-27-17-9-7-16(8-10-17)25-19-18(30-22(25)28)20(26)24-21(23-19)29-12-15-11-13(2)5-6-14(15)3/h5-11H,4,12H2,1-3H3,(H,23,24,26). The van der Waals surface area contributed by atoms with Crippen molar-refractivity contribution in [2.45, 2.75) is 31.7 Å². The van der Waals surface area contributed by atoms with Gasteiger partial charge in [0.15, 0.2) is 14.8 Å². The smallest absolute Gasteiger partial charge is 0.271 e. The first kappa shape index (κ1) is 20.8. The Morgan fingerprint density at radius 2 is 1.97 bits per heavy atom. The topological polar surface area (TPSA) is 59.9 Å². The van der Waals surface area contributed by atoms with Gasteiger partial charge in [-0.3, -0.25) is 9.36 Å². The highest BCUT2D eigenvalue weighted by Gasteiger charge is 2.14. The van der Waals surface area contributed by atoms with E-state index in [-0.39, 0.29) is 5.56 Å². The van der Waals surface area contributed by atoms with Gasteiger partial charge in [-0.1, -0.05) is 46.9 Å². The molecule has 5 nitrogen and oxygen atoms in total. The van der Waals surface area contributed by atoms with Crippen molar-refractivity contribution in [2.75, 3.05) is 6.61 Å². The summed E-state index contributed by atoms with van der Waals surface area (Å²) < 4.78 is 8.49. The Balaban J connectivity index is 1.72. The van der Waals surface area contributed by atoms with Crippen LogP contribution in [0.5, 0.6) is 5.75 Å². The maximum atomic E-state index is 12.7. The van der Waals surface area contributed by atoms with E-state index in [1.54, 1.807) is 0 Å². The normalized spacial score (nSPS) is 11.2. The summed E-state index contributed by atoms with van der Waals surface area (Å²) in [6.07, 6.45) is 0. The number of benzene rings is 2. The molecular weight excluding hydrogens is 434 g/mol. The summed E-state index contributed by atoms with van der Waals surface area (Å²) >= 11 is 8.34. The van der Waals surface area contributed by atoms with Gasteiger partial charge in [0, 0.05) is 11.4 Å². The predicted molar refractivity (Wildman–Crippen MR) is 127 cm³/mol. The number of thiazole rings is 1. The van der Waals surface area contributed by atoms with E-state index in [2.05, 4.69) is 37.0 Å². The van der Waals surface area contributed by atoms with Crippen molar-refractivity contribution in [3.63, 3.8) is 0 Å². The molecule has 4 aromatic rings. The molecule has 0 spiro atoms. The van der Waals surface area contributed by atoms with Crippen LogP contribution in [0, 0.1) is 17.8 Å². The zero-order valence-corrected chi connectivity index (χ0v) is 19.3. The second kappa shape index (κ2) is 8.75. The van der Waals surface area contributed by atoms with Crippen LogP contribution in [0.25, 0.3) is 16.0 Å². The maximum absolute atomic E-state index is 12.7. The van der Waals surface area contributed by atoms with Gasteiger partial charge in [0.05, 0.1) is 6.61 Å². The number of rotatable bonds is 6. The summed E-state index contributed by atoms with van der Waals surface area (Å²) in [5.74, 6) is 1.53. The van der Waals surface area contributed by atoms with Gasteiger partial charge in [0.2, 0.25) is 0 Å². The number of nitrogens with one attached hydrogen (secondary N) is 1. The molecule has 0 aliphatic heterocycles. The molecule has 2 aromatic heterocycles. The number of hydrogen-bond donors (Lipinski definition) is 1. The molecular formula is C22H21N3O2S3. The first-order valence-corrected chi connectivity index (χ1v) is 11.8. The second-order valence-corrected chi connectivity index (χ2v) is 9.48. The third kappa shape index (κ3) is 4.21. The zero-order chi connectivity index (χ0) is 21.3. The third-order valence-electron chi connectivity index (χ3n) is 4.70. The van der Waals surface area contributed by atoms with Gasteiger partial charge in [-0.25, -0.2) is 4.98 Å². The number of thioether (sulfide) groups is 1. The van der Waals surface area contributed by atoms with Crippen molar-refractivity contribution in [3.05, 3.63) is 73.5 Å². The van der Waals surface area contributed by atoms with Crippen molar-refractivity contribution < 1.29 is 4.74 Å². The highest BCUT2D eigenvalue weighted by atomic mass is 32.2. The van der Waals surface area contributed by atoms with Gasteiger partial charge in [-0.15, -0.1) is 0 Å².